The van der Waals surface area contributed by atoms with Gasteiger partial charge in [-0.25, -0.2) is 0 Å². The summed E-state index contributed by atoms with van der Waals surface area (Å²) in [5.74, 6) is 0. The van der Waals surface area contributed by atoms with E-state index >= 15 is 0 Å². The van der Waals surface area contributed by atoms with Gasteiger partial charge in [-0.1, -0.05) is 137 Å². The van der Waals surface area contributed by atoms with Crippen LogP contribution in [0.25, 0.3) is 57.7 Å². The maximum Gasteiger partial charge on any atom is 0.133 e. The van der Waals surface area contributed by atoms with Crippen molar-refractivity contribution in [3.63, 3.8) is 0 Å². The van der Waals surface area contributed by atoms with E-state index in [4.69, 9.17) is 15.2 Å². The molecule has 0 aliphatic heterocycles. The van der Waals surface area contributed by atoms with Gasteiger partial charge < -0.3 is 15.2 Å². The molecule has 0 aliphatic rings. The highest BCUT2D eigenvalue weighted by molar-refractivity contribution is 5.94. The molecule has 0 heterocycles. The van der Waals surface area contributed by atoms with Crippen LogP contribution in [0.1, 0.15) is 53.5 Å². The van der Waals surface area contributed by atoms with Gasteiger partial charge in [-0.3, -0.25) is 5.32 Å². The molecule has 1 atom stereocenters. The van der Waals surface area contributed by atoms with E-state index in [-0.39, 0.29) is 6.23 Å². The number of hydrogen-bond acceptors (Lipinski definition) is 4. The molecule has 4 heteroatoms. The van der Waals surface area contributed by atoms with E-state index in [9.17, 15) is 0 Å². The van der Waals surface area contributed by atoms with Crippen molar-refractivity contribution in [1.82, 2.24) is 5.32 Å². The zero-order valence-electron chi connectivity index (χ0n) is 26.4. The summed E-state index contributed by atoms with van der Waals surface area (Å²) in [6.45, 7) is 21.1. The van der Waals surface area contributed by atoms with E-state index in [1.165, 1.54) is 12.5 Å². The second kappa shape index (κ2) is 16.7. The zero-order chi connectivity index (χ0) is 32.1. The lowest BCUT2D eigenvalue weighted by atomic mass is 9.84. The van der Waals surface area contributed by atoms with Crippen LogP contribution < -0.4 is 11.1 Å². The highest BCUT2D eigenvalue weighted by Gasteiger charge is 2.18. The molecule has 4 aromatic carbocycles. The van der Waals surface area contributed by atoms with Gasteiger partial charge in [0.15, 0.2) is 0 Å². The lowest BCUT2D eigenvalue weighted by molar-refractivity contribution is 0.0809. The van der Waals surface area contributed by atoms with Crippen molar-refractivity contribution in [3.8, 4) is 33.4 Å². The van der Waals surface area contributed by atoms with Crippen LogP contribution in [0, 0.1) is 0 Å². The molecule has 4 aromatic rings. The van der Waals surface area contributed by atoms with Gasteiger partial charge in [0.1, 0.15) is 12.8 Å². The average molecular weight is 585 g/mol. The van der Waals surface area contributed by atoms with Crippen LogP contribution in [0.4, 0.5) is 0 Å². The monoisotopic (exact) mass is 584 g/mol. The van der Waals surface area contributed by atoms with Gasteiger partial charge in [0, 0.05) is 13.3 Å². The number of rotatable bonds is 13. The molecule has 4 rings (SSSR count). The highest BCUT2D eigenvalue weighted by atomic mass is 16.5. The predicted molar refractivity (Wildman–Crippen MR) is 191 cm³/mol. The van der Waals surface area contributed by atoms with Crippen molar-refractivity contribution < 1.29 is 9.47 Å². The van der Waals surface area contributed by atoms with Crippen molar-refractivity contribution in [2.75, 3.05) is 14.2 Å². The third-order valence-electron chi connectivity index (χ3n) is 7.39. The fourth-order valence-corrected chi connectivity index (χ4v) is 5.36. The lowest BCUT2D eigenvalue weighted by Crippen LogP contribution is -2.17. The van der Waals surface area contributed by atoms with E-state index in [0.717, 1.165) is 66.8 Å². The predicted octanol–water partition coefficient (Wildman–Crippen LogP) is 10.1. The zero-order valence-corrected chi connectivity index (χ0v) is 26.4. The number of hydrogen-bond donors (Lipinski definition) is 2. The molecule has 0 saturated heterocycles. The minimum atomic E-state index is -0.158. The Labute approximate surface area is 263 Å². The molecule has 0 bridgehead atoms. The van der Waals surface area contributed by atoms with Crippen LogP contribution in [-0.4, -0.2) is 14.2 Å². The quantitative estimate of drug-likeness (QED) is 0.121. The van der Waals surface area contributed by atoms with Crippen LogP contribution in [0.15, 0.2) is 112 Å². The molecule has 0 spiro atoms. The van der Waals surface area contributed by atoms with E-state index in [2.05, 4.69) is 104 Å². The Morgan fingerprint density at radius 1 is 0.659 bits per heavy atom. The highest BCUT2D eigenvalue weighted by Crippen LogP contribution is 2.40. The Bertz CT molecular complexity index is 1610. The van der Waals surface area contributed by atoms with Crippen LogP contribution >= 0.6 is 0 Å². The van der Waals surface area contributed by atoms with Gasteiger partial charge >= 0.3 is 0 Å². The Kier molecular flexibility index (Phi) is 12.7. The van der Waals surface area contributed by atoms with Crippen LogP contribution in [0.3, 0.4) is 0 Å². The Morgan fingerprint density at radius 3 is 1.45 bits per heavy atom. The minimum Gasteiger partial charge on any atom is -0.495 e. The van der Waals surface area contributed by atoms with Crippen molar-refractivity contribution in [3.05, 3.63) is 145 Å². The largest absolute Gasteiger partial charge is 0.495 e. The van der Waals surface area contributed by atoms with Gasteiger partial charge in [-0.15, -0.1) is 0 Å². The van der Waals surface area contributed by atoms with E-state index < -0.39 is 0 Å². The normalized spacial score (nSPS) is 11.3. The maximum atomic E-state index is 5.51. The molecule has 44 heavy (non-hydrogen) atoms. The number of benzene rings is 4. The minimum absolute atomic E-state index is 0.158. The molecule has 3 N–H and O–H groups in total. The lowest BCUT2D eigenvalue weighted by Gasteiger charge is -2.20. The maximum absolute atomic E-state index is 5.51. The Balaban J connectivity index is 0.00000259. The molecule has 0 radical (unpaired) electrons. The first-order valence-corrected chi connectivity index (χ1v) is 14.8. The number of methoxy groups -OCH3 is 1. The molecule has 1 unspecified atom stereocenters. The molecule has 4 nitrogen and oxygen atoms in total. The molecule has 226 valence electrons. The molecule has 0 saturated carbocycles. The summed E-state index contributed by atoms with van der Waals surface area (Å²) < 4.78 is 10.9. The van der Waals surface area contributed by atoms with Crippen molar-refractivity contribution in [2.45, 2.75) is 26.7 Å². The molecule has 0 aliphatic carbocycles. The number of ether oxygens (including phenoxy) is 2. The summed E-state index contributed by atoms with van der Waals surface area (Å²) in [7, 11) is 3.57. The second-order valence-electron chi connectivity index (χ2n) is 9.66. The topological polar surface area (TPSA) is 56.5 Å². The summed E-state index contributed by atoms with van der Waals surface area (Å²) in [4.78, 5) is 0. The van der Waals surface area contributed by atoms with Gasteiger partial charge in [0.25, 0.3) is 0 Å². The third-order valence-corrected chi connectivity index (χ3v) is 7.39. The second-order valence-corrected chi connectivity index (χ2v) is 9.66. The van der Waals surface area contributed by atoms with Crippen molar-refractivity contribution in [1.29, 1.82) is 0 Å². The Hall–Kier alpha value is -4.90. The van der Waals surface area contributed by atoms with Crippen LogP contribution in [0.5, 0.6) is 0 Å². The van der Waals surface area contributed by atoms with Crippen LogP contribution in [0.2, 0.25) is 0 Å². The van der Waals surface area contributed by atoms with Gasteiger partial charge in [0.2, 0.25) is 0 Å². The fourth-order valence-electron chi connectivity index (χ4n) is 5.36. The summed E-state index contributed by atoms with van der Waals surface area (Å²) in [6.07, 6.45) is 10.3. The first kappa shape index (κ1) is 33.6. The molecule has 0 amide bonds. The third kappa shape index (κ3) is 7.17. The standard InChI is InChI=1S/C38H38N2O2.C2H6/c1-7-30-32(9-3)36(21-19-34(30)27-13-11-26(12-14-27)25-42-24-23-39)37-22-20-35(31(8-2)33(37)10-4)28-15-17-29(18-16-28)38(40-5)41-6;1-2/h7-24,38,40H,1-4,25,39H2,5-6H3;1-2H3/b24-23-;. The molecular weight excluding hydrogens is 540 g/mol. The van der Waals surface area contributed by atoms with Crippen LogP contribution in [-0.2, 0) is 16.1 Å². The van der Waals surface area contributed by atoms with E-state index in [0.29, 0.717) is 6.61 Å². The summed E-state index contributed by atoms with van der Waals surface area (Å²) >= 11 is 0. The summed E-state index contributed by atoms with van der Waals surface area (Å²) in [5, 5.41) is 3.16. The Morgan fingerprint density at radius 2 is 1.07 bits per heavy atom. The van der Waals surface area contributed by atoms with Crippen molar-refractivity contribution in [2.24, 2.45) is 5.73 Å². The van der Waals surface area contributed by atoms with Gasteiger partial charge in [-0.05, 0) is 73.8 Å². The molecule has 0 fully saturated rings. The smallest absolute Gasteiger partial charge is 0.133 e. The first-order valence-electron chi connectivity index (χ1n) is 14.8. The fraction of sp³-hybridized carbons (Fsp3) is 0.150. The molecular formula is C40H44N2O2. The average Bonchev–Trinajstić information content (AvgIpc) is 3.09. The van der Waals surface area contributed by atoms with Crippen molar-refractivity contribution >= 4 is 24.3 Å². The summed E-state index contributed by atoms with van der Waals surface area (Å²) in [6, 6.07) is 25.3. The number of nitrogens with one attached hydrogen (secondary N) is 1. The number of nitrogens with two attached hydrogens (primary N) is 1. The van der Waals surface area contributed by atoms with E-state index in [1.807, 2.05) is 45.2 Å². The summed E-state index contributed by atoms with van der Waals surface area (Å²) in [5.41, 5.74) is 18.0. The van der Waals surface area contributed by atoms with E-state index in [1.54, 1.807) is 7.11 Å². The van der Waals surface area contributed by atoms with Gasteiger partial charge in [-0.2, -0.15) is 0 Å². The molecule has 0 aromatic heterocycles. The first-order chi connectivity index (χ1) is 21.5. The van der Waals surface area contributed by atoms with Gasteiger partial charge in [0.05, 0.1) is 6.26 Å². The SMILES string of the molecule is C=Cc1c(-c2ccc(CO/C=C\N)cc2)ccc(-c2ccc(-c3ccc(C(NC)OC)cc3)c(C=C)c2C=C)c1C=C.CC.